The molecule has 0 saturated carbocycles. The Morgan fingerprint density at radius 3 is 2.84 bits per heavy atom. The summed E-state index contributed by atoms with van der Waals surface area (Å²) in [5, 5.41) is 2.39. The molecule has 0 bridgehead atoms. The smallest absolute Gasteiger partial charge is 0.270 e. The predicted molar refractivity (Wildman–Crippen MR) is 98.6 cm³/mol. The normalized spacial score (nSPS) is 10.9. The maximum absolute atomic E-state index is 13.5. The van der Waals surface area contributed by atoms with E-state index in [1.807, 2.05) is 29.6 Å². The largest absolute Gasteiger partial charge is 0.277 e. The zero-order valence-corrected chi connectivity index (χ0v) is 14.6. The minimum Gasteiger partial charge on any atom is -0.277 e. The molecule has 0 aliphatic carbocycles. The van der Waals surface area contributed by atoms with Gasteiger partial charge in [-0.05, 0) is 41.8 Å². The van der Waals surface area contributed by atoms with E-state index in [0.717, 1.165) is 5.69 Å². The third kappa shape index (κ3) is 3.29. The zero-order valence-electron chi connectivity index (χ0n) is 12.9. The van der Waals surface area contributed by atoms with Gasteiger partial charge in [-0.2, -0.15) is 0 Å². The quantitative estimate of drug-likeness (QED) is 0.522. The summed E-state index contributed by atoms with van der Waals surface area (Å²) in [5.41, 5.74) is 1.43. The van der Waals surface area contributed by atoms with Gasteiger partial charge in [-0.25, -0.2) is 9.37 Å². The SMILES string of the molecule is O=C(c1cccs1)N(Cc1ccccn1)c1nc2ccc(F)cc2s1. The molecule has 0 aliphatic heterocycles. The van der Waals surface area contributed by atoms with Gasteiger partial charge in [-0.15, -0.1) is 11.3 Å². The van der Waals surface area contributed by atoms with Crippen LogP contribution in [0.5, 0.6) is 0 Å². The van der Waals surface area contributed by atoms with Gasteiger partial charge in [0.05, 0.1) is 27.3 Å². The van der Waals surface area contributed by atoms with Crippen molar-refractivity contribution in [2.45, 2.75) is 6.54 Å². The molecule has 0 aliphatic rings. The van der Waals surface area contributed by atoms with E-state index in [-0.39, 0.29) is 11.7 Å². The number of hydrogen-bond acceptors (Lipinski definition) is 5. The van der Waals surface area contributed by atoms with Gasteiger partial charge in [0.25, 0.3) is 5.91 Å². The van der Waals surface area contributed by atoms with Crippen LogP contribution in [0, 0.1) is 5.82 Å². The molecule has 4 aromatic rings. The number of benzene rings is 1. The Bertz CT molecular complexity index is 1020. The molecule has 0 spiro atoms. The van der Waals surface area contributed by atoms with E-state index in [9.17, 15) is 9.18 Å². The number of fused-ring (bicyclic) bond motifs is 1. The molecule has 7 heteroatoms. The first-order valence-electron chi connectivity index (χ1n) is 7.52. The first kappa shape index (κ1) is 15.9. The van der Waals surface area contributed by atoms with Crippen molar-refractivity contribution in [1.29, 1.82) is 0 Å². The van der Waals surface area contributed by atoms with Crippen LogP contribution in [0.25, 0.3) is 10.2 Å². The molecule has 4 nitrogen and oxygen atoms in total. The zero-order chi connectivity index (χ0) is 17.2. The monoisotopic (exact) mass is 369 g/mol. The summed E-state index contributed by atoms with van der Waals surface area (Å²) in [6, 6.07) is 13.6. The van der Waals surface area contributed by atoms with Crippen molar-refractivity contribution in [3.8, 4) is 0 Å². The number of amides is 1. The Morgan fingerprint density at radius 1 is 1.16 bits per heavy atom. The number of thiophene rings is 1. The summed E-state index contributed by atoms with van der Waals surface area (Å²) in [7, 11) is 0. The summed E-state index contributed by atoms with van der Waals surface area (Å²) in [6.07, 6.45) is 1.69. The second-order valence-electron chi connectivity index (χ2n) is 5.30. The van der Waals surface area contributed by atoms with Crippen LogP contribution in [0.4, 0.5) is 9.52 Å². The number of pyridine rings is 1. The number of carbonyl (C=O) groups excluding carboxylic acids is 1. The fourth-order valence-electron chi connectivity index (χ4n) is 2.41. The van der Waals surface area contributed by atoms with Crippen molar-refractivity contribution in [2.75, 3.05) is 4.90 Å². The average Bonchev–Trinajstić information content (AvgIpc) is 3.29. The number of nitrogens with zero attached hydrogens (tertiary/aromatic N) is 3. The van der Waals surface area contributed by atoms with Gasteiger partial charge in [-0.1, -0.05) is 23.5 Å². The summed E-state index contributed by atoms with van der Waals surface area (Å²) in [5.74, 6) is -0.455. The predicted octanol–water partition coefficient (Wildman–Crippen LogP) is 4.74. The first-order valence-corrected chi connectivity index (χ1v) is 9.22. The lowest BCUT2D eigenvalue weighted by molar-refractivity contribution is 0.0988. The lowest BCUT2D eigenvalue weighted by Gasteiger charge is -2.18. The highest BCUT2D eigenvalue weighted by molar-refractivity contribution is 7.22. The Labute approximate surface area is 151 Å². The van der Waals surface area contributed by atoms with Crippen molar-refractivity contribution in [3.05, 3.63) is 76.5 Å². The van der Waals surface area contributed by atoms with Crippen LogP contribution in [0.1, 0.15) is 15.4 Å². The Morgan fingerprint density at radius 2 is 2.08 bits per heavy atom. The number of aromatic nitrogens is 2. The molecule has 0 radical (unpaired) electrons. The van der Waals surface area contributed by atoms with Crippen LogP contribution in [-0.2, 0) is 6.54 Å². The van der Waals surface area contributed by atoms with Gasteiger partial charge < -0.3 is 0 Å². The van der Waals surface area contributed by atoms with Crippen molar-refractivity contribution in [3.63, 3.8) is 0 Å². The summed E-state index contributed by atoms with van der Waals surface area (Å²) < 4.78 is 14.2. The number of thiazole rings is 1. The van der Waals surface area contributed by atoms with Gasteiger partial charge >= 0.3 is 0 Å². The van der Waals surface area contributed by atoms with E-state index in [0.29, 0.717) is 26.8 Å². The standard InChI is InChI=1S/C18H12FN3OS2/c19-12-6-7-14-16(10-12)25-18(21-14)22(11-13-4-1-2-8-20-13)17(23)15-5-3-9-24-15/h1-10H,11H2. The van der Waals surface area contributed by atoms with E-state index < -0.39 is 0 Å². The molecule has 0 fully saturated rings. The Balaban J connectivity index is 1.76. The third-order valence-corrected chi connectivity index (χ3v) is 5.49. The van der Waals surface area contributed by atoms with Crippen LogP contribution < -0.4 is 4.90 Å². The van der Waals surface area contributed by atoms with Crippen molar-refractivity contribution < 1.29 is 9.18 Å². The van der Waals surface area contributed by atoms with Gasteiger partial charge in [0.15, 0.2) is 5.13 Å². The van der Waals surface area contributed by atoms with Crippen LogP contribution >= 0.6 is 22.7 Å². The number of carbonyl (C=O) groups is 1. The van der Waals surface area contributed by atoms with Crippen LogP contribution in [0.15, 0.2) is 60.1 Å². The van der Waals surface area contributed by atoms with E-state index in [1.165, 1.54) is 34.8 Å². The Hall–Kier alpha value is -2.64. The van der Waals surface area contributed by atoms with Crippen molar-refractivity contribution in [2.24, 2.45) is 0 Å². The lowest BCUT2D eigenvalue weighted by Crippen LogP contribution is -2.30. The van der Waals surface area contributed by atoms with Gasteiger partial charge in [-0.3, -0.25) is 14.7 Å². The van der Waals surface area contributed by atoms with Gasteiger partial charge in [0.2, 0.25) is 0 Å². The number of anilines is 1. The van der Waals surface area contributed by atoms with Crippen molar-refractivity contribution in [1.82, 2.24) is 9.97 Å². The average molecular weight is 369 g/mol. The molecule has 1 aromatic carbocycles. The number of hydrogen-bond donors (Lipinski definition) is 0. The van der Waals surface area contributed by atoms with Crippen LogP contribution in [-0.4, -0.2) is 15.9 Å². The molecular weight excluding hydrogens is 357 g/mol. The van der Waals surface area contributed by atoms with E-state index in [1.54, 1.807) is 23.2 Å². The number of rotatable bonds is 4. The van der Waals surface area contributed by atoms with E-state index >= 15 is 0 Å². The maximum Gasteiger partial charge on any atom is 0.270 e. The molecule has 3 aromatic heterocycles. The minimum absolute atomic E-state index is 0.139. The molecule has 25 heavy (non-hydrogen) atoms. The Kier molecular flexibility index (Phi) is 4.25. The molecule has 0 N–H and O–H groups in total. The van der Waals surface area contributed by atoms with E-state index in [4.69, 9.17) is 0 Å². The molecule has 3 heterocycles. The van der Waals surface area contributed by atoms with Crippen LogP contribution in [0.3, 0.4) is 0 Å². The molecule has 0 saturated heterocycles. The molecular formula is C18H12FN3OS2. The molecule has 4 rings (SSSR count). The fourth-order valence-corrected chi connectivity index (χ4v) is 4.07. The molecule has 0 atom stereocenters. The highest BCUT2D eigenvalue weighted by Gasteiger charge is 2.23. The van der Waals surface area contributed by atoms with Gasteiger partial charge in [0.1, 0.15) is 5.82 Å². The van der Waals surface area contributed by atoms with Crippen LogP contribution in [0.2, 0.25) is 0 Å². The highest BCUT2D eigenvalue weighted by atomic mass is 32.1. The fraction of sp³-hybridized carbons (Fsp3) is 0.0556. The molecule has 124 valence electrons. The summed E-state index contributed by atoms with van der Waals surface area (Å²) in [6.45, 7) is 0.305. The van der Waals surface area contributed by atoms with E-state index in [2.05, 4.69) is 9.97 Å². The van der Waals surface area contributed by atoms with Crippen molar-refractivity contribution >= 4 is 43.9 Å². The molecule has 1 amide bonds. The third-order valence-electron chi connectivity index (χ3n) is 3.59. The molecule has 0 unspecified atom stereocenters. The summed E-state index contributed by atoms with van der Waals surface area (Å²) in [4.78, 5) is 24.0. The highest BCUT2D eigenvalue weighted by Crippen LogP contribution is 2.31. The topological polar surface area (TPSA) is 46.1 Å². The minimum atomic E-state index is -0.316. The second-order valence-corrected chi connectivity index (χ2v) is 7.25. The second kappa shape index (κ2) is 6.70. The maximum atomic E-state index is 13.5. The summed E-state index contributed by atoms with van der Waals surface area (Å²) >= 11 is 2.67. The number of halogens is 1. The lowest BCUT2D eigenvalue weighted by atomic mass is 10.3. The van der Waals surface area contributed by atoms with Gasteiger partial charge in [0, 0.05) is 6.20 Å². The first-order chi connectivity index (χ1) is 12.2.